The molecule has 0 fully saturated rings. The van der Waals surface area contributed by atoms with E-state index in [1.807, 2.05) is 30.3 Å². The highest BCUT2D eigenvalue weighted by atomic mass is 16.2. The zero-order chi connectivity index (χ0) is 20.7. The molecule has 4 nitrogen and oxygen atoms in total. The normalized spacial score (nSPS) is 12.3. The topological polar surface area (TPSA) is 49.4 Å². The molecule has 0 aliphatic carbocycles. The summed E-state index contributed by atoms with van der Waals surface area (Å²) in [5, 5.41) is 2.65. The van der Waals surface area contributed by atoms with Gasteiger partial charge in [-0.2, -0.15) is 0 Å². The second kappa shape index (κ2) is 9.54. The zero-order valence-corrected chi connectivity index (χ0v) is 17.7. The molecule has 2 aromatic rings. The number of carbonyl (C=O) groups is 2. The van der Waals surface area contributed by atoms with E-state index in [9.17, 15) is 9.59 Å². The van der Waals surface area contributed by atoms with Gasteiger partial charge in [0.15, 0.2) is 0 Å². The molecule has 0 bridgehead atoms. The van der Waals surface area contributed by atoms with E-state index in [0.29, 0.717) is 19.4 Å². The Hall–Kier alpha value is -2.62. The van der Waals surface area contributed by atoms with Crippen LogP contribution >= 0.6 is 0 Å². The van der Waals surface area contributed by atoms with Crippen molar-refractivity contribution < 1.29 is 9.59 Å². The molecule has 0 saturated heterocycles. The summed E-state index contributed by atoms with van der Waals surface area (Å²) in [6, 6.07) is 17.7. The number of aryl methyl sites for hydroxylation is 1. The Kier molecular flexibility index (Phi) is 7.38. The summed E-state index contributed by atoms with van der Waals surface area (Å²) in [5.41, 5.74) is 3.54. The maximum Gasteiger partial charge on any atom is 0.242 e. The molecule has 0 saturated carbocycles. The Morgan fingerprint density at radius 2 is 1.57 bits per heavy atom. The standard InChI is InChI=1S/C24H32N2O2/c1-18(23(28)25-5)26(17-20-9-7-6-8-10-20)22(27)16-13-19-11-14-21(15-12-19)24(2,3)4/h6-12,14-15,18H,13,16-17H2,1-5H3,(H,25,28)/t18-/m0/s1. The molecule has 0 unspecified atom stereocenters. The Labute approximate surface area is 169 Å². The highest BCUT2D eigenvalue weighted by Gasteiger charge is 2.25. The first-order chi connectivity index (χ1) is 13.2. The predicted octanol–water partition coefficient (Wildman–Crippen LogP) is 4.08. The van der Waals surface area contributed by atoms with Crippen molar-refractivity contribution in [2.45, 2.75) is 58.5 Å². The first kappa shape index (κ1) is 21.7. The van der Waals surface area contributed by atoms with E-state index < -0.39 is 6.04 Å². The van der Waals surface area contributed by atoms with Gasteiger partial charge in [-0.05, 0) is 35.4 Å². The first-order valence-electron chi connectivity index (χ1n) is 9.87. The average molecular weight is 381 g/mol. The minimum Gasteiger partial charge on any atom is -0.357 e. The average Bonchev–Trinajstić information content (AvgIpc) is 2.69. The number of benzene rings is 2. The van der Waals surface area contributed by atoms with E-state index >= 15 is 0 Å². The van der Waals surface area contributed by atoms with Crippen LogP contribution in [0.4, 0.5) is 0 Å². The lowest BCUT2D eigenvalue weighted by Gasteiger charge is -2.28. The molecular formula is C24H32N2O2. The van der Waals surface area contributed by atoms with Gasteiger partial charge in [-0.25, -0.2) is 0 Å². The third-order valence-corrected chi connectivity index (χ3v) is 5.06. The van der Waals surface area contributed by atoms with Crippen LogP contribution in [0.1, 0.15) is 50.8 Å². The summed E-state index contributed by atoms with van der Waals surface area (Å²) in [5.74, 6) is -0.168. The van der Waals surface area contributed by atoms with Crippen LogP contribution in [0.25, 0.3) is 0 Å². The van der Waals surface area contributed by atoms with Crippen LogP contribution < -0.4 is 5.32 Å². The molecule has 1 N–H and O–H groups in total. The predicted molar refractivity (Wildman–Crippen MR) is 114 cm³/mol. The molecule has 0 heterocycles. The molecule has 2 aromatic carbocycles. The second-order valence-corrected chi connectivity index (χ2v) is 8.24. The summed E-state index contributed by atoms with van der Waals surface area (Å²) in [6.07, 6.45) is 1.04. The van der Waals surface area contributed by atoms with Crippen molar-refractivity contribution in [3.63, 3.8) is 0 Å². The fraction of sp³-hybridized carbons (Fsp3) is 0.417. The largest absolute Gasteiger partial charge is 0.357 e. The smallest absolute Gasteiger partial charge is 0.242 e. The van der Waals surface area contributed by atoms with Crippen molar-refractivity contribution in [3.8, 4) is 0 Å². The SMILES string of the molecule is CNC(=O)[C@H](C)N(Cc1ccccc1)C(=O)CCc1ccc(C(C)(C)C)cc1. The van der Waals surface area contributed by atoms with Gasteiger partial charge in [0.25, 0.3) is 0 Å². The van der Waals surface area contributed by atoms with Gasteiger partial charge in [-0.15, -0.1) is 0 Å². The van der Waals surface area contributed by atoms with Gasteiger partial charge in [-0.3, -0.25) is 9.59 Å². The second-order valence-electron chi connectivity index (χ2n) is 8.24. The third kappa shape index (κ3) is 5.95. The molecule has 0 aromatic heterocycles. The number of rotatable bonds is 7. The fourth-order valence-electron chi connectivity index (χ4n) is 3.14. The van der Waals surface area contributed by atoms with Gasteiger partial charge in [0.05, 0.1) is 0 Å². The van der Waals surface area contributed by atoms with Crippen LogP contribution in [0.5, 0.6) is 0 Å². The van der Waals surface area contributed by atoms with Crippen molar-refractivity contribution in [2.75, 3.05) is 7.05 Å². The summed E-state index contributed by atoms with van der Waals surface area (Å²) >= 11 is 0. The fourth-order valence-corrected chi connectivity index (χ4v) is 3.14. The van der Waals surface area contributed by atoms with Gasteiger partial charge in [0.1, 0.15) is 6.04 Å². The molecule has 150 valence electrons. The minimum atomic E-state index is -0.513. The number of carbonyl (C=O) groups excluding carboxylic acids is 2. The van der Waals surface area contributed by atoms with Crippen molar-refractivity contribution in [2.24, 2.45) is 0 Å². The maximum atomic E-state index is 13.0. The molecule has 2 amide bonds. The lowest BCUT2D eigenvalue weighted by atomic mass is 9.86. The summed E-state index contributed by atoms with van der Waals surface area (Å²) in [4.78, 5) is 26.8. The molecule has 2 rings (SSSR count). The van der Waals surface area contributed by atoms with Crippen molar-refractivity contribution >= 4 is 11.8 Å². The Morgan fingerprint density at radius 1 is 0.964 bits per heavy atom. The van der Waals surface area contributed by atoms with E-state index in [2.05, 4.69) is 50.4 Å². The molecule has 1 atom stereocenters. The first-order valence-corrected chi connectivity index (χ1v) is 9.87. The van der Waals surface area contributed by atoms with Crippen LogP contribution in [0, 0.1) is 0 Å². The summed E-state index contributed by atoms with van der Waals surface area (Å²) in [7, 11) is 1.60. The van der Waals surface area contributed by atoms with Gasteiger partial charge < -0.3 is 10.2 Å². The Balaban J connectivity index is 2.08. The van der Waals surface area contributed by atoms with E-state index in [1.165, 1.54) is 5.56 Å². The van der Waals surface area contributed by atoms with Gasteiger partial charge in [0.2, 0.25) is 11.8 Å². The summed E-state index contributed by atoms with van der Waals surface area (Å²) < 4.78 is 0. The third-order valence-electron chi connectivity index (χ3n) is 5.06. The van der Waals surface area contributed by atoms with E-state index in [-0.39, 0.29) is 17.2 Å². The quantitative estimate of drug-likeness (QED) is 0.787. The molecule has 28 heavy (non-hydrogen) atoms. The summed E-state index contributed by atoms with van der Waals surface area (Å²) in [6.45, 7) is 8.77. The number of hydrogen-bond donors (Lipinski definition) is 1. The van der Waals surface area contributed by atoms with Crippen LogP contribution in [0.3, 0.4) is 0 Å². The lowest BCUT2D eigenvalue weighted by Crippen LogP contribution is -2.46. The lowest BCUT2D eigenvalue weighted by molar-refractivity contribution is -0.140. The highest BCUT2D eigenvalue weighted by Crippen LogP contribution is 2.22. The molecule has 0 radical (unpaired) electrons. The van der Waals surface area contributed by atoms with Gasteiger partial charge in [0, 0.05) is 20.0 Å². The van der Waals surface area contributed by atoms with Crippen LogP contribution in [-0.2, 0) is 28.0 Å². The van der Waals surface area contributed by atoms with Crippen molar-refractivity contribution in [3.05, 3.63) is 71.3 Å². The Morgan fingerprint density at radius 3 is 2.11 bits per heavy atom. The minimum absolute atomic E-state index is 0.0140. The number of nitrogens with one attached hydrogen (secondary N) is 1. The number of amides is 2. The zero-order valence-electron chi connectivity index (χ0n) is 17.7. The maximum absolute atomic E-state index is 13.0. The Bertz CT molecular complexity index is 777. The number of nitrogens with zero attached hydrogens (tertiary/aromatic N) is 1. The van der Waals surface area contributed by atoms with Crippen LogP contribution in [0.15, 0.2) is 54.6 Å². The van der Waals surface area contributed by atoms with Gasteiger partial charge >= 0.3 is 0 Å². The van der Waals surface area contributed by atoms with Crippen LogP contribution in [-0.4, -0.2) is 29.8 Å². The van der Waals surface area contributed by atoms with E-state index in [4.69, 9.17) is 0 Å². The monoisotopic (exact) mass is 380 g/mol. The van der Waals surface area contributed by atoms with E-state index in [0.717, 1.165) is 11.1 Å². The highest BCUT2D eigenvalue weighted by molar-refractivity contribution is 5.87. The van der Waals surface area contributed by atoms with Gasteiger partial charge in [-0.1, -0.05) is 75.4 Å². The molecule has 0 spiro atoms. The molecular weight excluding hydrogens is 348 g/mol. The van der Waals surface area contributed by atoms with Crippen molar-refractivity contribution in [1.29, 1.82) is 0 Å². The molecule has 4 heteroatoms. The van der Waals surface area contributed by atoms with Crippen molar-refractivity contribution in [1.82, 2.24) is 10.2 Å². The molecule has 0 aliphatic heterocycles. The number of hydrogen-bond acceptors (Lipinski definition) is 2. The van der Waals surface area contributed by atoms with Crippen LogP contribution in [0.2, 0.25) is 0 Å². The number of likely N-dealkylation sites (N-methyl/N-ethyl adjacent to an activating group) is 1. The molecule has 0 aliphatic rings. The van der Waals surface area contributed by atoms with E-state index in [1.54, 1.807) is 18.9 Å².